The fourth-order valence-electron chi connectivity index (χ4n) is 8.25. The zero-order valence-corrected chi connectivity index (χ0v) is 26.4. The highest BCUT2D eigenvalue weighted by Gasteiger charge is 2.22. The summed E-state index contributed by atoms with van der Waals surface area (Å²) >= 11 is 0. The summed E-state index contributed by atoms with van der Waals surface area (Å²) in [5, 5.41) is 10.5. The molecule has 0 unspecified atom stereocenters. The second kappa shape index (κ2) is 9.96. The Balaban J connectivity index is 1.25. The van der Waals surface area contributed by atoms with E-state index in [0.29, 0.717) is 0 Å². The topological polar surface area (TPSA) is 31.2 Å². The van der Waals surface area contributed by atoms with E-state index >= 15 is 0 Å². The van der Waals surface area contributed by atoms with E-state index in [-0.39, 0.29) is 0 Å². The molecule has 49 heavy (non-hydrogen) atoms. The van der Waals surface area contributed by atoms with Crippen molar-refractivity contribution in [2.24, 2.45) is 0 Å². The molecule has 0 aliphatic carbocycles. The van der Waals surface area contributed by atoms with Crippen molar-refractivity contribution in [2.75, 3.05) is 0 Å². The summed E-state index contributed by atoms with van der Waals surface area (Å²) in [6, 6.07) is 56.6. The number of hydrogen-bond donors (Lipinski definition) is 0. The van der Waals surface area contributed by atoms with Crippen LogP contribution in [-0.2, 0) is 0 Å². The number of para-hydroxylation sites is 2. The van der Waals surface area contributed by atoms with Gasteiger partial charge in [0, 0.05) is 27.2 Å². The van der Waals surface area contributed by atoms with Gasteiger partial charge in [0.2, 0.25) is 0 Å². The minimum atomic E-state index is 0.832. The molecule has 0 spiro atoms. The Bertz CT molecular complexity index is 3050. The van der Waals surface area contributed by atoms with Crippen LogP contribution in [0.15, 0.2) is 173 Å². The van der Waals surface area contributed by atoms with Crippen molar-refractivity contribution in [1.29, 1.82) is 0 Å². The molecule has 0 atom stereocenters. The third-order valence-electron chi connectivity index (χ3n) is 10.3. The molecule has 11 aromatic rings. The Labute approximate surface area is 280 Å². The molecule has 0 amide bonds. The predicted octanol–water partition coefficient (Wildman–Crippen LogP) is 13.1. The first-order valence-electron chi connectivity index (χ1n) is 16.7. The molecule has 8 aromatic carbocycles. The lowest BCUT2D eigenvalue weighted by Gasteiger charge is -2.18. The van der Waals surface area contributed by atoms with Gasteiger partial charge in [-0.1, -0.05) is 103 Å². The summed E-state index contributed by atoms with van der Waals surface area (Å²) < 4.78 is 14.9. The summed E-state index contributed by atoms with van der Waals surface area (Å²) in [5.74, 6) is 0. The Morgan fingerprint density at radius 1 is 0.429 bits per heavy atom. The van der Waals surface area contributed by atoms with Gasteiger partial charge in [0.25, 0.3) is 0 Å². The van der Waals surface area contributed by atoms with Crippen LogP contribution < -0.4 is 0 Å². The molecular weight excluding hydrogens is 599 g/mol. The van der Waals surface area contributed by atoms with E-state index in [9.17, 15) is 0 Å². The summed E-state index contributed by atoms with van der Waals surface area (Å²) in [6.45, 7) is 0. The normalized spacial score (nSPS) is 12.1. The van der Waals surface area contributed by atoms with Crippen LogP contribution >= 0.6 is 0 Å². The summed E-state index contributed by atoms with van der Waals surface area (Å²) in [6.07, 6.45) is 1.76. The minimum Gasteiger partial charge on any atom is -0.464 e. The summed E-state index contributed by atoms with van der Waals surface area (Å²) in [7, 11) is 0. The number of benzene rings is 8. The number of nitrogens with zero attached hydrogens (tertiary/aromatic N) is 1. The highest BCUT2D eigenvalue weighted by atomic mass is 16.3. The standard InChI is InChI=1S/C46H27NO2/c1-2-11-30(12-3-1)47-38-19-9-8-13-31(38)37-27-29(21-23-39(37)47)42-32-14-4-6-16-34(32)43(35-17-7-5-15-33(35)42)36-18-10-20-40-44(36)45-41(49-40)24-22-28-25-26-48-46(28)45/h1-27H. The van der Waals surface area contributed by atoms with Crippen molar-refractivity contribution in [3.8, 4) is 27.9 Å². The van der Waals surface area contributed by atoms with Crippen molar-refractivity contribution in [1.82, 2.24) is 4.57 Å². The van der Waals surface area contributed by atoms with Gasteiger partial charge in [0.05, 0.1) is 22.7 Å². The molecular formula is C46H27NO2. The van der Waals surface area contributed by atoms with Gasteiger partial charge in [-0.15, -0.1) is 0 Å². The second-order valence-electron chi connectivity index (χ2n) is 12.8. The minimum absolute atomic E-state index is 0.832. The van der Waals surface area contributed by atoms with E-state index in [1.165, 1.54) is 60.0 Å². The van der Waals surface area contributed by atoms with Crippen LogP contribution in [0.2, 0.25) is 0 Å². The maximum Gasteiger partial charge on any atom is 0.145 e. The quantitative estimate of drug-likeness (QED) is 0.183. The first-order valence-corrected chi connectivity index (χ1v) is 16.7. The van der Waals surface area contributed by atoms with Gasteiger partial charge >= 0.3 is 0 Å². The van der Waals surface area contributed by atoms with Crippen LogP contribution in [-0.4, -0.2) is 4.57 Å². The van der Waals surface area contributed by atoms with Crippen molar-refractivity contribution < 1.29 is 8.83 Å². The third-order valence-corrected chi connectivity index (χ3v) is 10.3. The summed E-state index contributed by atoms with van der Waals surface area (Å²) in [4.78, 5) is 0. The van der Waals surface area contributed by atoms with E-state index in [1.807, 2.05) is 6.07 Å². The van der Waals surface area contributed by atoms with Gasteiger partial charge < -0.3 is 13.4 Å². The number of aromatic nitrogens is 1. The first-order chi connectivity index (χ1) is 24.3. The lowest BCUT2D eigenvalue weighted by Crippen LogP contribution is -1.93. The number of hydrogen-bond acceptors (Lipinski definition) is 2. The average molecular weight is 626 g/mol. The van der Waals surface area contributed by atoms with Gasteiger partial charge in [-0.05, 0) is 98.4 Å². The van der Waals surface area contributed by atoms with E-state index in [1.54, 1.807) is 6.26 Å². The van der Waals surface area contributed by atoms with Gasteiger partial charge in [-0.25, -0.2) is 0 Å². The fraction of sp³-hybridized carbons (Fsp3) is 0. The molecule has 0 aliphatic rings. The van der Waals surface area contributed by atoms with Crippen molar-refractivity contribution in [3.63, 3.8) is 0 Å². The van der Waals surface area contributed by atoms with Crippen LogP contribution in [0.1, 0.15) is 0 Å². The molecule has 11 rings (SSSR count). The lowest BCUT2D eigenvalue weighted by molar-refractivity contribution is 0.618. The van der Waals surface area contributed by atoms with Crippen molar-refractivity contribution >= 4 is 76.3 Å². The van der Waals surface area contributed by atoms with E-state index in [2.05, 4.69) is 156 Å². The van der Waals surface area contributed by atoms with Gasteiger partial charge in [-0.2, -0.15) is 0 Å². The fourth-order valence-corrected chi connectivity index (χ4v) is 8.25. The van der Waals surface area contributed by atoms with E-state index in [4.69, 9.17) is 8.83 Å². The van der Waals surface area contributed by atoms with Gasteiger partial charge in [0.15, 0.2) is 0 Å². The molecule has 228 valence electrons. The summed E-state index contributed by atoms with van der Waals surface area (Å²) in [5.41, 5.74) is 10.9. The molecule has 0 N–H and O–H groups in total. The third kappa shape index (κ3) is 3.67. The average Bonchev–Trinajstić information content (AvgIpc) is 3.88. The molecule has 3 aromatic heterocycles. The molecule has 3 heteroatoms. The van der Waals surface area contributed by atoms with Crippen LogP contribution in [0.4, 0.5) is 0 Å². The Morgan fingerprint density at radius 2 is 1.08 bits per heavy atom. The molecule has 0 saturated carbocycles. The van der Waals surface area contributed by atoms with Crippen LogP contribution in [0.25, 0.3) is 104 Å². The highest BCUT2D eigenvalue weighted by molar-refractivity contribution is 6.28. The highest BCUT2D eigenvalue weighted by Crippen LogP contribution is 2.48. The maximum atomic E-state index is 6.46. The SMILES string of the molecule is c1ccc(-n2c3ccccc3c3cc(-c4c5ccccc5c(-c5cccc6oc7ccc8ccoc8c7c56)c5ccccc45)ccc32)cc1. The molecule has 0 saturated heterocycles. The van der Waals surface area contributed by atoms with Crippen LogP contribution in [0.3, 0.4) is 0 Å². The maximum absolute atomic E-state index is 6.46. The Hall–Kier alpha value is -6.58. The number of fused-ring (bicyclic) bond motifs is 10. The van der Waals surface area contributed by atoms with Crippen molar-refractivity contribution in [3.05, 3.63) is 164 Å². The van der Waals surface area contributed by atoms with E-state index < -0.39 is 0 Å². The van der Waals surface area contributed by atoms with E-state index in [0.717, 1.165) is 44.2 Å². The zero-order valence-electron chi connectivity index (χ0n) is 26.4. The Morgan fingerprint density at radius 3 is 1.86 bits per heavy atom. The van der Waals surface area contributed by atoms with Crippen LogP contribution in [0, 0.1) is 0 Å². The monoisotopic (exact) mass is 625 g/mol. The molecule has 3 nitrogen and oxygen atoms in total. The largest absolute Gasteiger partial charge is 0.464 e. The first kappa shape index (κ1) is 26.5. The smallest absolute Gasteiger partial charge is 0.145 e. The molecule has 0 aliphatic heterocycles. The molecule has 0 fully saturated rings. The molecule has 0 radical (unpaired) electrons. The predicted molar refractivity (Wildman–Crippen MR) is 204 cm³/mol. The number of rotatable bonds is 3. The Kier molecular flexibility index (Phi) is 5.38. The number of furan rings is 2. The molecule has 3 heterocycles. The van der Waals surface area contributed by atoms with Crippen molar-refractivity contribution in [2.45, 2.75) is 0 Å². The van der Waals surface area contributed by atoms with Gasteiger partial charge in [-0.3, -0.25) is 0 Å². The van der Waals surface area contributed by atoms with Gasteiger partial charge in [0.1, 0.15) is 16.7 Å². The van der Waals surface area contributed by atoms with Crippen LogP contribution in [0.5, 0.6) is 0 Å². The molecule has 0 bridgehead atoms. The zero-order chi connectivity index (χ0) is 32.1. The lowest BCUT2D eigenvalue weighted by atomic mass is 9.84. The second-order valence-corrected chi connectivity index (χ2v) is 12.8.